The van der Waals surface area contributed by atoms with Crippen molar-refractivity contribution in [3.63, 3.8) is 0 Å². The van der Waals surface area contributed by atoms with Crippen LogP contribution in [0.5, 0.6) is 0 Å². The quantitative estimate of drug-likeness (QED) is 0.881. The molecule has 17 heavy (non-hydrogen) atoms. The summed E-state index contributed by atoms with van der Waals surface area (Å²) in [6, 6.07) is 0. The van der Waals surface area contributed by atoms with Gasteiger partial charge in [0.05, 0.1) is 0 Å². The Morgan fingerprint density at radius 2 is 2.59 bits per heavy atom. The van der Waals surface area contributed by atoms with Gasteiger partial charge in [-0.1, -0.05) is 0 Å². The number of carboxylic acid groups (broad SMARTS) is 1. The first-order valence-electron chi connectivity index (χ1n) is 5.30. The SMILES string of the molecule is O=C(O)COC1(c2nc(Br)cs2)CCCNC1. The summed E-state index contributed by atoms with van der Waals surface area (Å²) in [7, 11) is 0. The van der Waals surface area contributed by atoms with E-state index in [9.17, 15) is 4.79 Å². The van der Waals surface area contributed by atoms with Crippen LogP contribution < -0.4 is 5.32 Å². The van der Waals surface area contributed by atoms with E-state index in [2.05, 4.69) is 26.2 Å². The van der Waals surface area contributed by atoms with Crippen LogP contribution >= 0.6 is 27.3 Å². The van der Waals surface area contributed by atoms with Crippen LogP contribution in [-0.4, -0.2) is 35.8 Å². The highest BCUT2D eigenvalue weighted by Crippen LogP contribution is 2.35. The molecule has 1 aromatic rings. The zero-order valence-electron chi connectivity index (χ0n) is 9.11. The highest BCUT2D eigenvalue weighted by Gasteiger charge is 2.38. The minimum absolute atomic E-state index is 0.293. The van der Waals surface area contributed by atoms with Crippen molar-refractivity contribution < 1.29 is 14.6 Å². The Bertz CT molecular complexity index is 404. The molecule has 0 bridgehead atoms. The molecule has 0 saturated carbocycles. The zero-order valence-corrected chi connectivity index (χ0v) is 11.5. The lowest BCUT2D eigenvalue weighted by Crippen LogP contribution is -2.46. The minimum atomic E-state index is -0.953. The highest BCUT2D eigenvalue weighted by molar-refractivity contribution is 9.10. The molecule has 1 aliphatic rings. The first-order chi connectivity index (χ1) is 8.12. The van der Waals surface area contributed by atoms with Crippen molar-refractivity contribution in [2.75, 3.05) is 19.7 Å². The van der Waals surface area contributed by atoms with E-state index in [1.54, 1.807) is 0 Å². The summed E-state index contributed by atoms with van der Waals surface area (Å²) in [5, 5.41) is 14.7. The number of halogens is 1. The van der Waals surface area contributed by atoms with E-state index in [1.807, 2.05) is 5.38 Å². The van der Waals surface area contributed by atoms with Gasteiger partial charge in [-0.25, -0.2) is 9.78 Å². The number of nitrogens with one attached hydrogen (secondary N) is 1. The van der Waals surface area contributed by atoms with Gasteiger partial charge in [-0.15, -0.1) is 11.3 Å². The third-order valence-electron chi connectivity index (χ3n) is 2.68. The van der Waals surface area contributed by atoms with Crippen LogP contribution in [-0.2, 0) is 15.1 Å². The maximum absolute atomic E-state index is 10.6. The molecule has 1 aromatic heterocycles. The average Bonchev–Trinajstić information content (AvgIpc) is 2.75. The van der Waals surface area contributed by atoms with Gasteiger partial charge in [0.1, 0.15) is 21.8 Å². The van der Waals surface area contributed by atoms with Crippen LogP contribution in [0.25, 0.3) is 0 Å². The first kappa shape index (κ1) is 12.9. The molecule has 2 rings (SSSR count). The van der Waals surface area contributed by atoms with Gasteiger partial charge in [0.15, 0.2) is 0 Å². The number of nitrogens with zero attached hydrogens (tertiary/aromatic N) is 1. The van der Waals surface area contributed by atoms with Crippen LogP contribution in [0.3, 0.4) is 0 Å². The lowest BCUT2D eigenvalue weighted by atomic mass is 9.94. The van der Waals surface area contributed by atoms with E-state index in [0.29, 0.717) is 6.54 Å². The van der Waals surface area contributed by atoms with E-state index in [4.69, 9.17) is 9.84 Å². The largest absolute Gasteiger partial charge is 0.480 e. The zero-order chi connectivity index (χ0) is 12.3. The van der Waals surface area contributed by atoms with Gasteiger partial charge < -0.3 is 15.2 Å². The Hall–Kier alpha value is -0.500. The molecule has 0 amide bonds. The number of aromatic nitrogens is 1. The van der Waals surface area contributed by atoms with Gasteiger partial charge in [0.2, 0.25) is 0 Å². The molecule has 1 aliphatic heterocycles. The van der Waals surface area contributed by atoms with Gasteiger partial charge in [0, 0.05) is 11.9 Å². The Balaban J connectivity index is 2.19. The molecule has 2 heterocycles. The number of carboxylic acids is 1. The Kier molecular flexibility index (Phi) is 4.13. The maximum Gasteiger partial charge on any atom is 0.329 e. The van der Waals surface area contributed by atoms with E-state index < -0.39 is 11.6 Å². The van der Waals surface area contributed by atoms with Crippen molar-refractivity contribution in [3.8, 4) is 0 Å². The van der Waals surface area contributed by atoms with Crippen LogP contribution in [0.4, 0.5) is 0 Å². The molecule has 1 saturated heterocycles. The molecule has 2 N–H and O–H groups in total. The fourth-order valence-corrected chi connectivity index (χ4v) is 3.34. The Morgan fingerprint density at radius 1 is 1.76 bits per heavy atom. The van der Waals surface area contributed by atoms with Crippen LogP contribution in [0.1, 0.15) is 17.8 Å². The predicted molar refractivity (Wildman–Crippen MR) is 67.2 cm³/mol. The summed E-state index contributed by atoms with van der Waals surface area (Å²) in [5.74, 6) is -0.953. The van der Waals surface area contributed by atoms with E-state index in [0.717, 1.165) is 29.0 Å². The molecule has 1 fully saturated rings. The second-order valence-electron chi connectivity index (χ2n) is 3.93. The Morgan fingerprint density at radius 3 is 3.12 bits per heavy atom. The molecule has 1 atom stereocenters. The Labute approximate surface area is 111 Å². The molecule has 7 heteroatoms. The molecule has 0 radical (unpaired) electrons. The number of hydrogen-bond donors (Lipinski definition) is 2. The van der Waals surface area contributed by atoms with Crippen molar-refractivity contribution in [1.29, 1.82) is 0 Å². The van der Waals surface area contributed by atoms with Crippen LogP contribution in [0.2, 0.25) is 0 Å². The number of aliphatic carboxylic acids is 1. The van der Waals surface area contributed by atoms with E-state index in [-0.39, 0.29) is 6.61 Å². The topological polar surface area (TPSA) is 71.5 Å². The lowest BCUT2D eigenvalue weighted by Gasteiger charge is -2.35. The monoisotopic (exact) mass is 320 g/mol. The van der Waals surface area contributed by atoms with Crippen molar-refractivity contribution in [2.45, 2.75) is 18.4 Å². The molecule has 5 nitrogen and oxygen atoms in total. The first-order valence-corrected chi connectivity index (χ1v) is 6.98. The number of thiazole rings is 1. The summed E-state index contributed by atoms with van der Waals surface area (Å²) in [5.41, 5.74) is -0.590. The van der Waals surface area contributed by atoms with Crippen molar-refractivity contribution in [3.05, 3.63) is 15.0 Å². The van der Waals surface area contributed by atoms with E-state index >= 15 is 0 Å². The number of hydrogen-bond acceptors (Lipinski definition) is 5. The highest BCUT2D eigenvalue weighted by atomic mass is 79.9. The molecular weight excluding hydrogens is 308 g/mol. The van der Waals surface area contributed by atoms with Gasteiger partial charge in [-0.2, -0.15) is 0 Å². The van der Waals surface area contributed by atoms with Crippen molar-refractivity contribution in [1.82, 2.24) is 10.3 Å². The summed E-state index contributed by atoms with van der Waals surface area (Å²) < 4.78 is 6.36. The predicted octanol–water partition coefficient (Wildman–Crippen LogP) is 1.59. The van der Waals surface area contributed by atoms with Gasteiger partial charge in [-0.05, 0) is 35.3 Å². The van der Waals surface area contributed by atoms with Gasteiger partial charge in [0.25, 0.3) is 0 Å². The third kappa shape index (κ3) is 3.04. The number of rotatable bonds is 4. The number of carbonyl (C=O) groups is 1. The van der Waals surface area contributed by atoms with Crippen molar-refractivity contribution in [2.24, 2.45) is 0 Å². The number of piperidine rings is 1. The molecule has 0 aromatic carbocycles. The van der Waals surface area contributed by atoms with Crippen molar-refractivity contribution >= 4 is 33.2 Å². The standard InChI is InChI=1S/C10H13BrN2O3S/c11-7-5-17-9(13-7)10(16-4-8(14)15)2-1-3-12-6-10/h5,12H,1-4,6H2,(H,14,15). The minimum Gasteiger partial charge on any atom is -0.480 e. The lowest BCUT2D eigenvalue weighted by molar-refractivity contribution is -0.152. The van der Waals surface area contributed by atoms with E-state index in [1.165, 1.54) is 11.3 Å². The second-order valence-corrected chi connectivity index (χ2v) is 5.60. The molecule has 1 unspecified atom stereocenters. The average molecular weight is 321 g/mol. The summed E-state index contributed by atoms with van der Waals surface area (Å²) in [4.78, 5) is 15.0. The summed E-state index contributed by atoms with van der Waals surface area (Å²) in [6.07, 6.45) is 1.75. The second kappa shape index (κ2) is 5.43. The molecular formula is C10H13BrN2O3S. The fraction of sp³-hybridized carbons (Fsp3) is 0.600. The molecule has 0 spiro atoms. The third-order valence-corrected chi connectivity index (χ3v) is 4.42. The molecule has 0 aliphatic carbocycles. The van der Waals surface area contributed by atoms with Gasteiger partial charge in [-0.3, -0.25) is 0 Å². The summed E-state index contributed by atoms with van der Waals surface area (Å²) in [6.45, 7) is 1.25. The normalized spacial score (nSPS) is 24.8. The van der Waals surface area contributed by atoms with Gasteiger partial charge >= 0.3 is 5.97 Å². The smallest absolute Gasteiger partial charge is 0.329 e. The number of ether oxygens (including phenoxy) is 1. The fourth-order valence-electron chi connectivity index (χ4n) is 1.91. The van der Waals surface area contributed by atoms with Crippen LogP contribution in [0.15, 0.2) is 9.98 Å². The maximum atomic E-state index is 10.6. The van der Waals surface area contributed by atoms with Crippen LogP contribution in [0, 0.1) is 0 Å². The summed E-state index contributed by atoms with van der Waals surface area (Å²) >= 11 is 4.80. The molecule has 94 valence electrons.